The quantitative estimate of drug-likeness (QED) is 0.634. The van der Waals surface area contributed by atoms with Gasteiger partial charge in [-0.05, 0) is 49.9 Å². The van der Waals surface area contributed by atoms with Crippen LogP contribution in [0.2, 0.25) is 5.02 Å². The molecule has 4 rings (SSSR count). The van der Waals surface area contributed by atoms with Crippen molar-refractivity contribution in [2.24, 2.45) is 5.73 Å². The van der Waals surface area contributed by atoms with Crippen LogP contribution in [-0.4, -0.2) is 49.2 Å². The molecule has 1 saturated carbocycles. The lowest BCUT2D eigenvalue weighted by atomic mass is 10.2. The summed E-state index contributed by atoms with van der Waals surface area (Å²) in [5.41, 5.74) is 5.73. The Morgan fingerprint density at radius 2 is 1.87 bits per heavy atom. The van der Waals surface area contributed by atoms with Gasteiger partial charge in [-0.1, -0.05) is 29.8 Å². The highest BCUT2D eigenvalue weighted by Gasteiger charge is 2.35. The summed E-state index contributed by atoms with van der Waals surface area (Å²) in [5, 5.41) is 9.35. The molecule has 2 aliphatic rings. The van der Waals surface area contributed by atoms with E-state index < -0.39 is 5.25 Å². The minimum atomic E-state index is -0.413. The van der Waals surface area contributed by atoms with Gasteiger partial charge in [0, 0.05) is 36.0 Å². The van der Waals surface area contributed by atoms with E-state index >= 15 is 0 Å². The second kappa shape index (κ2) is 9.40. The molecule has 1 saturated heterocycles. The van der Waals surface area contributed by atoms with Gasteiger partial charge in [0.05, 0.1) is 5.25 Å². The summed E-state index contributed by atoms with van der Waals surface area (Å²) in [6.07, 6.45) is 4.97. The Morgan fingerprint density at radius 1 is 1.13 bits per heavy atom. The number of rotatable bonds is 7. The predicted molar refractivity (Wildman–Crippen MR) is 117 cm³/mol. The van der Waals surface area contributed by atoms with E-state index in [0.717, 1.165) is 31.5 Å². The largest absolute Gasteiger partial charge is 0.370 e. The van der Waals surface area contributed by atoms with Crippen molar-refractivity contribution in [3.63, 3.8) is 0 Å². The summed E-state index contributed by atoms with van der Waals surface area (Å²) in [4.78, 5) is 38.8. The number of carbonyl (C=O) groups is 3. The number of benzene rings is 1. The minimum Gasteiger partial charge on any atom is -0.370 e. The van der Waals surface area contributed by atoms with Crippen LogP contribution in [0.25, 0.3) is 0 Å². The monoisotopic (exact) mass is 461 g/mol. The molecule has 2 fully saturated rings. The second-order valence-electron chi connectivity index (χ2n) is 7.87. The first-order valence-corrected chi connectivity index (χ1v) is 11.7. The zero-order valence-electron chi connectivity index (χ0n) is 17.0. The number of likely N-dealkylation sites (tertiary alicyclic amines) is 1. The number of halogens is 1. The minimum absolute atomic E-state index is 0.202. The van der Waals surface area contributed by atoms with Gasteiger partial charge in [0.2, 0.25) is 11.8 Å². The molecule has 10 heteroatoms. The Labute approximate surface area is 189 Å². The number of hydrogen-bond donors (Lipinski definition) is 1. The molecule has 0 bridgehead atoms. The molecule has 1 aromatic heterocycles. The standard InChI is InChI=1S/C21H24ClN5O3S/c22-14-6-4-13(5-7-14)19(29)26-12-2-1-3-16(20(26)30)31-21-25-24-18(11-10-17(23)28)27(21)15-8-9-15/h4-7,15-16H,1-3,8-12H2,(H2,23,28). The van der Waals surface area contributed by atoms with Gasteiger partial charge < -0.3 is 10.3 Å². The lowest BCUT2D eigenvalue weighted by Gasteiger charge is -2.22. The number of nitrogens with two attached hydrogens (primary N) is 1. The first-order valence-electron chi connectivity index (χ1n) is 10.4. The third-order valence-electron chi connectivity index (χ3n) is 5.47. The summed E-state index contributed by atoms with van der Waals surface area (Å²) in [6, 6.07) is 6.87. The van der Waals surface area contributed by atoms with E-state index in [0.29, 0.717) is 41.2 Å². The van der Waals surface area contributed by atoms with Crippen LogP contribution in [0.1, 0.15) is 60.7 Å². The molecular weight excluding hydrogens is 438 g/mol. The van der Waals surface area contributed by atoms with Crippen molar-refractivity contribution < 1.29 is 14.4 Å². The summed E-state index contributed by atoms with van der Waals surface area (Å²) in [5.74, 6) is -0.166. The fourth-order valence-electron chi connectivity index (χ4n) is 3.69. The molecule has 164 valence electrons. The molecule has 0 radical (unpaired) electrons. The summed E-state index contributed by atoms with van der Waals surface area (Å²) in [6.45, 7) is 0.399. The number of aryl methyl sites for hydroxylation is 1. The second-order valence-corrected chi connectivity index (χ2v) is 9.48. The van der Waals surface area contributed by atoms with Gasteiger partial charge in [-0.25, -0.2) is 0 Å². The maximum Gasteiger partial charge on any atom is 0.260 e. The third-order valence-corrected chi connectivity index (χ3v) is 6.93. The van der Waals surface area contributed by atoms with Crippen LogP contribution in [0.3, 0.4) is 0 Å². The van der Waals surface area contributed by atoms with Crippen molar-refractivity contribution >= 4 is 41.1 Å². The van der Waals surface area contributed by atoms with Crippen LogP contribution in [0.15, 0.2) is 29.4 Å². The van der Waals surface area contributed by atoms with Crippen molar-refractivity contribution in [1.29, 1.82) is 0 Å². The molecule has 31 heavy (non-hydrogen) atoms. The van der Waals surface area contributed by atoms with Crippen LogP contribution in [0, 0.1) is 0 Å². The van der Waals surface area contributed by atoms with E-state index in [-0.39, 0.29) is 24.1 Å². The predicted octanol–water partition coefficient (Wildman–Crippen LogP) is 3.00. The first-order chi connectivity index (χ1) is 14.9. The average molecular weight is 462 g/mol. The van der Waals surface area contributed by atoms with Gasteiger partial charge in [-0.2, -0.15) is 0 Å². The van der Waals surface area contributed by atoms with E-state index in [1.165, 1.54) is 16.7 Å². The van der Waals surface area contributed by atoms with E-state index in [1.807, 2.05) is 4.57 Å². The Morgan fingerprint density at radius 3 is 2.55 bits per heavy atom. The van der Waals surface area contributed by atoms with Gasteiger partial charge in [0.1, 0.15) is 5.82 Å². The average Bonchev–Trinajstić information content (AvgIpc) is 3.53. The highest BCUT2D eigenvalue weighted by Crippen LogP contribution is 2.40. The van der Waals surface area contributed by atoms with E-state index in [2.05, 4.69) is 10.2 Å². The van der Waals surface area contributed by atoms with Crippen molar-refractivity contribution in [2.45, 2.75) is 61.4 Å². The first kappa shape index (κ1) is 21.8. The van der Waals surface area contributed by atoms with E-state index in [4.69, 9.17) is 17.3 Å². The van der Waals surface area contributed by atoms with Crippen molar-refractivity contribution in [1.82, 2.24) is 19.7 Å². The lowest BCUT2D eigenvalue weighted by molar-refractivity contribution is -0.127. The number of primary amides is 1. The molecule has 2 heterocycles. The van der Waals surface area contributed by atoms with Crippen LogP contribution in [0.4, 0.5) is 0 Å². The number of nitrogens with zero attached hydrogens (tertiary/aromatic N) is 4. The van der Waals surface area contributed by atoms with Crippen LogP contribution in [-0.2, 0) is 16.0 Å². The molecule has 2 N–H and O–H groups in total. The topological polar surface area (TPSA) is 111 Å². The molecule has 0 spiro atoms. The smallest absolute Gasteiger partial charge is 0.260 e. The van der Waals surface area contributed by atoms with Gasteiger partial charge in [0.25, 0.3) is 5.91 Å². The summed E-state index contributed by atoms with van der Waals surface area (Å²) < 4.78 is 2.04. The number of carbonyl (C=O) groups excluding carboxylic acids is 3. The summed E-state index contributed by atoms with van der Waals surface area (Å²) >= 11 is 7.28. The van der Waals surface area contributed by atoms with Gasteiger partial charge in [-0.3, -0.25) is 19.3 Å². The van der Waals surface area contributed by atoms with Crippen LogP contribution >= 0.6 is 23.4 Å². The zero-order chi connectivity index (χ0) is 22.0. The van der Waals surface area contributed by atoms with Crippen LogP contribution in [0.5, 0.6) is 0 Å². The Bertz CT molecular complexity index is 989. The van der Waals surface area contributed by atoms with Crippen molar-refractivity contribution in [2.75, 3.05) is 6.54 Å². The van der Waals surface area contributed by atoms with Crippen molar-refractivity contribution in [3.05, 3.63) is 40.7 Å². The normalized spacial score (nSPS) is 19.3. The van der Waals surface area contributed by atoms with Crippen molar-refractivity contribution in [3.8, 4) is 0 Å². The Hall–Kier alpha value is -2.39. The molecule has 1 atom stereocenters. The molecule has 1 unspecified atom stereocenters. The zero-order valence-corrected chi connectivity index (χ0v) is 18.6. The molecule has 1 aliphatic carbocycles. The number of amides is 3. The van der Waals surface area contributed by atoms with E-state index in [1.54, 1.807) is 24.3 Å². The molecule has 1 aliphatic heterocycles. The highest BCUT2D eigenvalue weighted by atomic mass is 35.5. The van der Waals surface area contributed by atoms with Gasteiger partial charge >= 0.3 is 0 Å². The number of hydrogen-bond acceptors (Lipinski definition) is 6. The van der Waals surface area contributed by atoms with E-state index in [9.17, 15) is 14.4 Å². The van der Waals surface area contributed by atoms with Gasteiger partial charge in [0.15, 0.2) is 5.16 Å². The number of aromatic nitrogens is 3. The maximum absolute atomic E-state index is 13.3. The summed E-state index contributed by atoms with van der Waals surface area (Å²) in [7, 11) is 0. The molecule has 2 aromatic rings. The Balaban J connectivity index is 1.53. The third kappa shape index (κ3) is 5.10. The van der Waals surface area contributed by atoms with Gasteiger partial charge in [-0.15, -0.1) is 10.2 Å². The SMILES string of the molecule is NC(=O)CCc1nnc(SC2CCCCN(C(=O)c3ccc(Cl)cc3)C2=O)n1C1CC1. The number of imide groups is 1. The highest BCUT2D eigenvalue weighted by molar-refractivity contribution is 8.00. The molecule has 1 aromatic carbocycles. The molecular formula is C21H24ClN5O3S. The Kier molecular flexibility index (Phi) is 6.62. The number of thioether (sulfide) groups is 1. The fraction of sp³-hybridized carbons (Fsp3) is 0.476. The lowest BCUT2D eigenvalue weighted by Crippen LogP contribution is -2.41. The van der Waals surface area contributed by atoms with Crippen LogP contribution < -0.4 is 5.73 Å². The molecule has 8 nitrogen and oxygen atoms in total. The molecule has 3 amide bonds. The fourth-order valence-corrected chi connectivity index (χ4v) is 5.04. The maximum atomic E-state index is 13.3.